The molecule has 0 aromatic carbocycles. The number of amides is 1. The van der Waals surface area contributed by atoms with Gasteiger partial charge in [-0.15, -0.1) is 0 Å². The molecule has 7 nitrogen and oxygen atoms in total. The van der Waals surface area contributed by atoms with Crippen molar-refractivity contribution in [3.63, 3.8) is 0 Å². The average Bonchev–Trinajstić information content (AvgIpc) is 3.28. The second kappa shape index (κ2) is 6.05. The van der Waals surface area contributed by atoms with Gasteiger partial charge < -0.3 is 10.4 Å². The van der Waals surface area contributed by atoms with Crippen LogP contribution >= 0.6 is 0 Å². The zero-order valence-corrected chi connectivity index (χ0v) is 14.0. The number of carboxylic acids is 1. The molecular formula is C15H24N2O5S. The van der Waals surface area contributed by atoms with Crippen LogP contribution in [0.25, 0.3) is 0 Å². The molecule has 2 saturated carbocycles. The van der Waals surface area contributed by atoms with Crippen LogP contribution in [0.4, 0.5) is 0 Å². The van der Waals surface area contributed by atoms with E-state index in [1.165, 1.54) is 4.31 Å². The number of nitrogens with one attached hydrogen (secondary N) is 1. The quantitative estimate of drug-likeness (QED) is 0.738. The largest absolute Gasteiger partial charge is 0.481 e. The first-order valence-electron chi connectivity index (χ1n) is 8.35. The fourth-order valence-corrected chi connectivity index (χ4v) is 5.36. The van der Waals surface area contributed by atoms with Gasteiger partial charge in [-0.3, -0.25) is 9.59 Å². The van der Waals surface area contributed by atoms with Crippen molar-refractivity contribution in [3.05, 3.63) is 0 Å². The number of aliphatic carboxylic acids is 1. The standard InChI is InChI=1S/C15H24N2O5S/c18-13(10-15(14(19)20)6-1-7-15)16-11-4-8-17(9-5-11)23(21,22)12-2-3-12/h11-12H,1-10H2,(H,16,18)(H,19,20). The number of sulfonamides is 1. The van der Waals surface area contributed by atoms with Crippen molar-refractivity contribution in [3.8, 4) is 0 Å². The monoisotopic (exact) mass is 344 g/mol. The van der Waals surface area contributed by atoms with E-state index in [9.17, 15) is 23.1 Å². The highest BCUT2D eigenvalue weighted by Gasteiger charge is 2.46. The number of carbonyl (C=O) groups is 2. The predicted molar refractivity (Wildman–Crippen MR) is 83.2 cm³/mol. The van der Waals surface area contributed by atoms with Gasteiger partial charge in [0.1, 0.15) is 0 Å². The molecule has 0 unspecified atom stereocenters. The third-order valence-corrected chi connectivity index (χ3v) is 7.79. The zero-order valence-electron chi connectivity index (χ0n) is 13.2. The van der Waals surface area contributed by atoms with Crippen LogP contribution in [0.15, 0.2) is 0 Å². The van der Waals surface area contributed by atoms with Gasteiger partial charge in [-0.1, -0.05) is 6.42 Å². The van der Waals surface area contributed by atoms with Crippen LogP contribution in [0.1, 0.15) is 51.4 Å². The minimum Gasteiger partial charge on any atom is -0.481 e. The summed E-state index contributed by atoms with van der Waals surface area (Å²) in [6.45, 7) is 0.877. The molecule has 0 radical (unpaired) electrons. The Balaban J connectivity index is 1.47. The first-order chi connectivity index (χ1) is 10.8. The Morgan fingerprint density at radius 2 is 1.74 bits per heavy atom. The smallest absolute Gasteiger partial charge is 0.310 e. The Labute approximate surface area is 136 Å². The third-order valence-electron chi connectivity index (χ3n) is 5.39. The first kappa shape index (κ1) is 16.7. The number of hydrogen-bond acceptors (Lipinski definition) is 4. The molecule has 1 amide bonds. The SMILES string of the molecule is O=C(CC1(C(=O)O)CCC1)NC1CCN(S(=O)(=O)C2CC2)CC1. The lowest BCUT2D eigenvalue weighted by atomic mass is 9.66. The fourth-order valence-electron chi connectivity index (χ4n) is 3.49. The summed E-state index contributed by atoms with van der Waals surface area (Å²) in [5.41, 5.74) is -0.875. The minimum atomic E-state index is -3.13. The van der Waals surface area contributed by atoms with Gasteiger partial charge in [0, 0.05) is 25.6 Å². The second-order valence-electron chi connectivity index (χ2n) is 7.10. The van der Waals surface area contributed by atoms with Crippen LogP contribution in [0, 0.1) is 5.41 Å². The van der Waals surface area contributed by atoms with Crippen LogP contribution in [0.2, 0.25) is 0 Å². The van der Waals surface area contributed by atoms with Crippen LogP contribution in [0.3, 0.4) is 0 Å². The Bertz CT molecular complexity index is 587. The van der Waals surface area contributed by atoms with Gasteiger partial charge in [0.2, 0.25) is 15.9 Å². The highest BCUT2D eigenvalue weighted by molar-refractivity contribution is 7.90. The van der Waals surface area contributed by atoms with Crippen molar-refractivity contribution in [2.75, 3.05) is 13.1 Å². The predicted octanol–water partition coefficient (Wildman–Crippen LogP) is 0.704. The van der Waals surface area contributed by atoms with Gasteiger partial charge >= 0.3 is 5.97 Å². The Kier molecular flexibility index (Phi) is 4.39. The van der Waals surface area contributed by atoms with Crippen molar-refractivity contribution in [2.45, 2.75) is 62.7 Å². The summed E-state index contributed by atoms with van der Waals surface area (Å²) >= 11 is 0. The average molecular weight is 344 g/mol. The first-order valence-corrected chi connectivity index (χ1v) is 9.86. The maximum Gasteiger partial charge on any atom is 0.310 e. The van der Waals surface area contributed by atoms with Crippen LogP contribution in [-0.4, -0.2) is 54.1 Å². The van der Waals surface area contributed by atoms with Crippen LogP contribution in [0.5, 0.6) is 0 Å². The third kappa shape index (κ3) is 3.38. The van der Waals surface area contributed by atoms with Crippen LogP contribution < -0.4 is 5.32 Å². The highest BCUT2D eigenvalue weighted by Crippen LogP contribution is 2.44. The lowest BCUT2D eigenvalue weighted by molar-refractivity contribution is -0.157. The molecule has 3 rings (SSSR count). The number of piperidine rings is 1. The maximum atomic E-state index is 12.2. The second-order valence-corrected chi connectivity index (χ2v) is 9.31. The van der Waals surface area contributed by atoms with Crippen molar-refractivity contribution in [2.24, 2.45) is 5.41 Å². The molecule has 23 heavy (non-hydrogen) atoms. The summed E-state index contributed by atoms with van der Waals surface area (Å²) < 4.78 is 25.9. The topological polar surface area (TPSA) is 104 Å². The molecule has 1 aliphatic heterocycles. The molecule has 2 aliphatic carbocycles. The van der Waals surface area contributed by atoms with Crippen LogP contribution in [-0.2, 0) is 19.6 Å². The molecule has 0 bridgehead atoms. The maximum absolute atomic E-state index is 12.2. The van der Waals surface area contributed by atoms with E-state index in [-0.39, 0.29) is 23.6 Å². The summed E-state index contributed by atoms with van der Waals surface area (Å²) in [7, 11) is -3.13. The van der Waals surface area contributed by atoms with Gasteiger partial charge in [-0.05, 0) is 38.5 Å². The molecule has 1 heterocycles. The summed E-state index contributed by atoms with van der Waals surface area (Å²) in [5.74, 6) is -1.11. The lowest BCUT2D eigenvalue weighted by Gasteiger charge is -2.38. The van der Waals surface area contributed by atoms with Gasteiger partial charge in [-0.25, -0.2) is 12.7 Å². The van der Waals surface area contributed by atoms with E-state index < -0.39 is 21.4 Å². The Hall–Kier alpha value is -1.15. The molecular weight excluding hydrogens is 320 g/mol. The number of rotatable bonds is 6. The van der Waals surface area contributed by atoms with Crippen molar-refractivity contribution < 1.29 is 23.1 Å². The molecule has 1 saturated heterocycles. The molecule has 0 aromatic heterocycles. The van der Waals surface area contributed by atoms with Crippen molar-refractivity contribution in [1.29, 1.82) is 0 Å². The van der Waals surface area contributed by atoms with Gasteiger partial charge in [-0.2, -0.15) is 0 Å². The van der Waals surface area contributed by atoms with E-state index in [1.54, 1.807) is 0 Å². The fraction of sp³-hybridized carbons (Fsp3) is 0.867. The van der Waals surface area contributed by atoms with Gasteiger partial charge in [0.15, 0.2) is 0 Å². The summed E-state index contributed by atoms with van der Waals surface area (Å²) in [6.07, 6.45) is 4.73. The summed E-state index contributed by atoms with van der Waals surface area (Å²) in [4.78, 5) is 23.4. The van der Waals surface area contributed by atoms with E-state index in [4.69, 9.17) is 0 Å². The molecule has 8 heteroatoms. The number of carboxylic acid groups (broad SMARTS) is 1. The van der Waals surface area contributed by atoms with E-state index in [0.29, 0.717) is 38.8 Å². The molecule has 130 valence electrons. The highest BCUT2D eigenvalue weighted by atomic mass is 32.2. The van der Waals surface area contributed by atoms with E-state index in [1.807, 2.05) is 0 Å². The molecule has 3 fully saturated rings. The van der Waals surface area contributed by atoms with E-state index >= 15 is 0 Å². The molecule has 0 aromatic rings. The van der Waals surface area contributed by atoms with Gasteiger partial charge in [0.25, 0.3) is 0 Å². The lowest BCUT2D eigenvalue weighted by Crippen LogP contribution is -2.49. The van der Waals surface area contributed by atoms with Crippen molar-refractivity contribution in [1.82, 2.24) is 9.62 Å². The number of hydrogen-bond donors (Lipinski definition) is 2. The van der Waals surface area contributed by atoms with E-state index in [0.717, 1.165) is 19.3 Å². The Morgan fingerprint density at radius 3 is 2.17 bits per heavy atom. The molecule has 0 atom stereocenters. The zero-order chi connectivity index (χ0) is 16.7. The molecule has 0 spiro atoms. The molecule has 3 aliphatic rings. The number of carbonyl (C=O) groups excluding carboxylic acids is 1. The van der Waals surface area contributed by atoms with Gasteiger partial charge in [0.05, 0.1) is 10.7 Å². The summed E-state index contributed by atoms with van der Waals surface area (Å²) in [5, 5.41) is 12.0. The number of nitrogens with zero attached hydrogens (tertiary/aromatic N) is 1. The summed E-state index contributed by atoms with van der Waals surface area (Å²) in [6, 6.07) is -0.0564. The van der Waals surface area contributed by atoms with Crippen molar-refractivity contribution >= 4 is 21.9 Å². The normalized spacial score (nSPS) is 25.6. The minimum absolute atomic E-state index is 0.0307. The molecule has 2 N–H and O–H groups in total. The Morgan fingerprint density at radius 1 is 1.13 bits per heavy atom. The van der Waals surface area contributed by atoms with E-state index in [2.05, 4.69) is 5.32 Å².